The third-order valence-electron chi connectivity index (χ3n) is 4.97. The van der Waals surface area contributed by atoms with Gasteiger partial charge in [-0.25, -0.2) is 0 Å². The van der Waals surface area contributed by atoms with E-state index in [0.717, 1.165) is 51.2 Å². The lowest BCUT2D eigenvalue weighted by Gasteiger charge is -2.23. The van der Waals surface area contributed by atoms with E-state index in [1.54, 1.807) is 0 Å². The monoisotopic (exact) mass is 298 g/mol. The lowest BCUT2D eigenvalue weighted by molar-refractivity contribution is 0.0632. The van der Waals surface area contributed by atoms with Gasteiger partial charge in [-0.05, 0) is 77.4 Å². The van der Waals surface area contributed by atoms with Crippen LogP contribution < -0.4 is 10.6 Å². The minimum Gasteiger partial charge on any atom is -0.381 e. The lowest BCUT2D eigenvalue weighted by atomic mass is 9.96. The van der Waals surface area contributed by atoms with Gasteiger partial charge in [0.1, 0.15) is 0 Å². The summed E-state index contributed by atoms with van der Waals surface area (Å²) >= 11 is 0. The molecule has 0 bridgehead atoms. The molecular formula is C17H34N2O2. The van der Waals surface area contributed by atoms with Crippen LogP contribution in [0.15, 0.2) is 0 Å². The molecule has 0 amide bonds. The predicted octanol–water partition coefficient (Wildman–Crippen LogP) is 2.19. The highest BCUT2D eigenvalue weighted by Gasteiger charge is 2.26. The molecule has 2 aliphatic heterocycles. The quantitative estimate of drug-likeness (QED) is 0.685. The maximum absolute atomic E-state index is 5.95. The molecule has 0 aromatic carbocycles. The molecule has 124 valence electrons. The zero-order valence-corrected chi connectivity index (χ0v) is 13.9. The van der Waals surface area contributed by atoms with Crippen LogP contribution in [0, 0.1) is 11.8 Å². The van der Waals surface area contributed by atoms with Gasteiger partial charge in [0.25, 0.3) is 0 Å². The summed E-state index contributed by atoms with van der Waals surface area (Å²) in [6.45, 7) is 7.44. The molecule has 3 atom stereocenters. The van der Waals surface area contributed by atoms with Crippen LogP contribution in [0.3, 0.4) is 0 Å². The molecule has 4 heteroatoms. The van der Waals surface area contributed by atoms with Gasteiger partial charge in [0.15, 0.2) is 0 Å². The van der Waals surface area contributed by atoms with Gasteiger partial charge in [0.05, 0.1) is 6.10 Å². The van der Waals surface area contributed by atoms with E-state index in [0.29, 0.717) is 12.1 Å². The molecule has 4 nitrogen and oxygen atoms in total. The van der Waals surface area contributed by atoms with Gasteiger partial charge in [-0.15, -0.1) is 0 Å². The van der Waals surface area contributed by atoms with Crippen LogP contribution in [0.2, 0.25) is 0 Å². The molecule has 21 heavy (non-hydrogen) atoms. The van der Waals surface area contributed by atoms with Crippen molar-refractivity contribution in [3.8, 4) is 0 Å². The van der Waals surface area contributed by atoms with Crippen LogP contribution in [-0.4, -0.2) is 52.1 Å². The second kappa shape index (κ2) is 9.78. The van der Waals surface area contributed by atoms with Gasteiger partial charge in [0.2, 0.25) is 0 Å². The summed E-state index contributed by atoms with van der Waals surface area (Å²) < 4.78 is 11.4. The fourth-order valence-corrected chi connectivity index (χ4v) is 3.54. The van der Waals surface area contributed by atoms with Gasteiger partial charge in [0, 0.05) is 25.9 Å². The van der Waals surface area contributed by atoms with E-state index < -0.39 is 0 Å². The van der Waals surface area contributed by atoms with Crippen molar-refractivity contribution in [3.05, 3.63) is 0 Å². The Bertz CT molecular complexity index is 270. The van der Waals surface area contributed by atoms with E-state index in [9.17, 15) is 0 Å². The summed E-state index contributed by atoms with van der Waals surface area (Å²) in [5.41, 5.74) is 0. The molecule has 0 aromatic heterocycles. The van der Waals surface area contributed by atoms with Gasteiger partial charge in [-0.2, -0.15) is 0 Å². The van der Waals surface area contributed by atoms with E-state index in [2.05, 4.69) is 17.6 Å². The molecule has 2 aliphatic rings. The SMILES string of the molecule is CNCCC1COC(CC(C)NCCC2CCOCC2)C1. The van der Waals surface area contributed by atoms with E-state index in [4.69, 9.17) is 9.47 Å². The highest BCUT2D eigenvalue weighted by molar-refractivity contribution is 4.78. The molecule has 2 heterocycles. The summed E-state index contributed by atoms with van der Waals surface area (Å²) in [7, 11) is 2.03. The number of rotatable bonds is 9. The third-order valence-corrected chi connectivity index (χ3v) is 4.97. The molecule has 0 spiro atoms. The highest BCUT2D eigenvalue weighted by atomic mass is 16.5. The van der Waals surface area contributed by atoms with Crippen LogP contribution in [0.25, 0.3) is 0 Å². The van der Waals surface area contributed by atoms with Crippen molar-refractivity contribution < 1.29 is 9.47 Å². The van der Waals surface area contributed by atoms with Crippen LogP contribution in [0.5, 0.6) is 0 Å². The largest absolute Gasteiger partial charge is 0.381 e. The van der Waals surface area contributed by atoms with Gasteiger partial charge in [-0.3, -0.25) is 0 Å². The zero-order chi connectivity index (χ0) is 14.9. The van der Waals surface area contributed by atoms with Crippen molar-refractivity contribution in [1.29, 1.82) is 0 Å². The summed E-state index contributed by atoms with van der Waals surface area (Å²) in [6.07, 6.45) is 7.90. The van der Waals surface area contributed by atoms with Crippen LogP contribution in [0.4, 0.5) is 0 Å². The molecule has 2 rings (SSSR count). The van der Waals surface area contributed by atoms with E-state index in [1.807, 2.05) is 7.05 Å². The van der Waals surface area contributed by atoms with Crippen molar-refractivity contribution >= 4 is 0 Å². The number of nitrogens with one attached hydrogen (secondary N) is 2. The summed E-state index contributed by atoms with van der Waals surface area (Å²) in [4.78, 5) is 0. The summed E-state index contributed by atoms with van der Waals surface area (Å²) in [5.74, 6) is 1.63. The minimum atomic E-state index is 0.470. The Balaban J connectivity index is 1.52. The van der Waals surface area contributed by atoms with Crippen molar-refractivity contribution in [2.75, 3.05) is 40.0 Å². The third kappa shape index (κ3) is 6.64. The highest BCUT2D eigenvalue weighted by Crippen LogP contribution is 2.25. The fraction of sp³-hybridized carbons (Fsp3) is 1.00. The Kier molecular flexibility index (Phi) is 8.01. The normalized spacial score (nSPS) is 28.9. The Morgan fingerprint density at radius 1 is 1.10 bits per heavy atom. The Labute approximate surface area is 130 Å². The van der Waals surface area contributed by atoms with Crippen molar-refractivity contribution in [1.82, 2.24) is 10.6 Å². The molecule has 0 radical (unpaired) electrons. The molecule has 2 N–H and O–H groups in total. The lowest BCUT2D eigenvalue weighted by Crippen LogP contribution is -2.32. The van der Waals surface area contributed by atoms with Gasteiger partial charge >= 0.3 is 0 Å². The van der Waals surface area contributed by atoms with Crippen molar-refractivity contribution in [2.24, 2.45) is 11.8 Å². The molecular weight excluding hydrogens is 264 g/mol. The maximum Gasteiger partial charge on any atom is 0.0593 e. The molecule has 0 aromatic rings. The second-order valence-corrected chi connectivity index (χ2v) is 6.88. The fourth-order valence-electron chi connectivity index (χ4n) is 3.54. The minimum absolute atomic E-state index is 0.470. The van der Waals surface area contributed by atoms with E-state index in [-0.39, 0.29) is 0 Å². The Morgan fingerprint density at radius 3 is 2.62 bits per heavy atom. The molecule has 2 saturated heterocycles. The number of hydrogen-bond acceptors (Lipinski definition) is 4. The molecule has 2 fully saturated rings. The van der Waals surface area contributed by atoms with E-state index >= 15 is 0 Å². The molecule has 0 aliphatic carbocycles. The van der Waals surface area contributed by atoms with Gasteiger partial charge in [-0.1, -0.05) is 0 Å². The standard InChI is InChI=1S/C17H34N2O2/c1-14(19-8-4-15-5-9-20-10-6-15)11-17-12-16(13-21-17)3-7-18-2/h14-19H,3-13H2,1-2H3. The molecule has 0 saturated carbocycles. The first-order valence-corrected chi connectivity index (χ1v) is 8.85. The average Bonchev–Trinajstić information content (AvgIpc) is 2.93. The van der Waals surface area contributed by atoms with Crippen LogP contribution in [-0.2, 0) is 9.47 Å². The van der Waals surface area contributed by atoms with Crippen molar-refractivity contribution in [2.45, 2.75) is 57.6 Å². The maximum atomic E-state index is 5.95. The number of ether oxygens (including phenoxy) is 2. The summed E-state index contributed by atoms with van der Waals surface area (Å²) in [6, 6.07) is 0.567. The van der Waals surface area contributed by atoms with Crippen LogP contribution in [0.1, 0.15) is 45.4 Å². The first kappa shape index (κ1) is 17.2. The van der Waals surface area contributed by atoms with Crippen LogP contribution >= 0.6 is 0 Å². The average molecular weight is 298 g/mol. The first-order chi connectivity index (χ1) is 10.3. The smallest absolute Gasteiger partial charge is 0.0593 e. The van der Waals surface area contributed by atoms with Crippen molar-refractivity contribution in [3.63, 3.8) is 0 Å². The molecule has 3 unspecified atom stereocenters. The topological polar surface area (TPSA) is 42.5 Å². The summed E-state index contributed by atoms with van der Waals surface area (Å²) in [5, 5.41) is 6.91. The zero-order valence-electron chi connectivity index (χ0n) is 13.9. The van der Waals surface area contributed by atoms with E-state index in [1.165, 1.54) is 32.1 Å². The first-order valence-electron chi connectivity index (χ1n) is 8.85. The Morgan fingerprint density at radius 2 is 1.86 bits per heavy atom. The Hall–Kier alpha value is -0.160. The second-order valence-electron chi connectivity index (χ2n) is 6.88. The predicted molar refractivity (Wildman–Crippen MR) is 86.6 cm³/mol. The van der Waals surface area contributed by atoms with Gasteiger partial charge < -0.3 is 20.1 Å². The number of hydrogen-bond donors (Lipinski definition) is 2.